The SMILES string of the molecule is FC(F)(F)C1(c2cc(Cl)cc(Cl)c2)C=C(c2ccc(CBr)c(CBr)c2)NO1. The zero-order valence-electron chi connectivity index (χ0n) is 13.5. The Morgan fingerprint density at radius 1 is 0.963 bits per heavy atom. The van der Waals surface area contributed by atoms with Gasteiger partial charge in [-0.3, -0.25) is 10.3 Å². The van der Waals surface area contributed by atoms with Gasteiger partial charge in [0.25, 0.3) is 0 Å². The number of hydroxylamine groups is 1. The molecule has 1 N–H and O–H groups in total. The topological polar surface area (TPSA) is 21.3 Å². The highest BCUT2D eigenvalue weighted by Crippen LogP contribution is 2.48. The van der Waals surface area contributed by atoms with E-state index < -0.39 is 11.8 Å². The van der Waals surface area contributed by atoms with Crippen molar-refractivity contribution in [2.75, 3.05) is 0 Å². The number of halogens is 7. The molecule has 1 heterocycles. The minimum atomic E-state index is -4.73. The van der Waals surface area contributed by atoms with Crippen LogP contribution in [0.25, 0.3) is 5.70 Å². The van der Waals surface area contributed by atoms with Crippen molar-refractivity contribution < 1.29 is 18.0 Å². The summed E-state index contributed by atoms with van der Waals surface area (Å²) < 4.78 is 42.0. The summed E-state index contributed by atoms with van der Waals surface area (Å²) in [4.78, 5) is 5.09. The molecule has 3 rings (SSSR count). The first-order valence-corrected chi connectivity index (χ1v) is 10.6. The van der Waals surface area contributed by atoms with Gasteiger partial charge in [0, 0.05) is 31.8 Å². The van der Waals surface area contributed by atoms with Crippen LogP contribution >= 0.6 is 55.1 Å². The Kier molecular flexibility index (Phi) is 6.18. The molecule has 9 heteroatoms. The molecule has 0 aromatic heterocycles. The summed E-state index contributed by atoms with van der Waals surface area (Å²) in [6.45, 7) is 0. The Hall–Kier alpha value is -0.730. The Balaban J connectivity index is 2.12. The van der Waals surface area contributed by atoms with Crippen molar-refractivity contribution in [3.8, 4) is 0 Å². The van der Waals surface area contributed by atoms with Crippen LogP contribution in [0.1, 0.15) is 22.3 Å². The smallest absolute Gasteiger partial charge is 0.265 e. The monoisotopic (exact) mass is 543 g/mol. The summed E-state index contributed by atoms with van der Waals surface area (Å²) >= 11 is 18.6. The Morgan fingerprint density at radius 3 is 2.15 bits per heavy atom. The Bertz CT molecular complexity index is 884. The van der Waals surface area contributed by atoms with Crippen LogP contribution in [0.2, 0.25) is 10.0 Å². The summed E-state index contributed by atoms with van der Waals surface area (Å²) in [5.41, 5.74) is 2.32. The van der Waals surface area contributed by atoms with Gasteiger partial charge in [-0.1, -0.05) is 67.2 Å². The van der Waals surface area contributed by atoms with E-state index in [2.05, 4.69) is 37.3 Å². The highest BCUT2D eigenvalue weighted by molar-refractivity contribution is 9.09. The molecule has 1 unspecified atom stereocenters. The molecule has 0 saturated heterocycles. The van der Waals surface area contributed by atoms with Crippen LogP contribution < -0.4 is 5.48 Å². The van der Waals surface area contributed by atoms with Gasteiger partial charge in [0.2, 0.25) is 5.60 Å². The summed E-state index contributed by atoms with van der Waals surface area (Å²) in [5.74, 6) is 0. The first kappa shape index (κ1) is 21.0. The van der Waals surface area contributed by atoms with E-state index in [0.717, 1.165) is 17.2 Å². The van der Waals surface area contributed by atoms with E-state index in [1.807, 2.05) is 12.1 Å². The van der Waals surface area contributed by atoms with E-state index in [9.17, 15) is 13.2 Å². The quantitative estimate of drug-likeness (QED) is 0.413. The van der Waals surface area contributed by atoms with Crippen molar-refractivity contribution >= 4 is 60.8 Å². The third-order valence-corrected chi connectivity index (χ3v) is 5.83. The second-order valence-electron chi connectivity index (χ2n) is 5.90. The van der Waals surface area contributed by atoms with Gasteiger partial charge in [0.15, 0.2) is 0 Å². The molecular formula is C18H12Br2Cl2F3NO. The summed E-state index contributed by atoms with van der Waals surface area (Å²) in [5, 5.41) is 1.40. The molecule has 1 aliphatic rings. The molecule has 0 amide bonds. The number of benzene rings is 2. The zero-order chi connectivity index (χ0) is 19.8. The Labute approximate surface area is 180 Å². The van der Waals surface area contributed by atoms with Gasteiger partial charge in [-0.05, 0) is 41.5 Å². The zero-order valence-corrected chi connectivity index (χ0v) is 18.2. The molecule has 0 spiro atoms. The minimum Gasteiger partial charge on any atom is -0.265 e. The fourth-order valence-corrected chi connectivity index (χ4v) is 4.40. The number of rotatable bonds is 4. The largest absolute Gasteiger partial charge is 0.428 e. The van der Waals surface area contributed by atoms with E-state index in [4.69, 9.17) is 28.0 Å². The van der Waals surface area contributed by atoms with Crippen LogP contribution in [-0.4, -0.2) is 6.18 Å². The van der Waals surface area contributed by atoms with E-state index in [1.54, 1.807) is 6.07 Å². The van der Waals surface area contributed by atoms with Crippen molar-refractivity contribution in [1.82, 2.24) is 5.48 Å². The molecule has 2 aromatic rings. The summed E-state index contributed by atoms with van der Waals surface area (Å²) in [6.07, 6.45) is -3.72. The standard InChI is InChI=1S/C18H12Br2Cl2F3NO/c19-8-11-2-1-10(3-12(11)9-20)16-7-17(27-26-16,18(23,24)25)13-4-14(21)6-15(22)5-13/h1-7,26H,8-9H2. The van der Waals surface area contributed by atoms with Crippen LogP contribution in [0.3, 0.4) is 0 Å². The predicted octanol–water partition coefficient (Wildman–Crippen LogP) is 7.12. The fraction of sp³-hybridized carbons (Fsp3) is 0.222. The number of nitrogens with one attached hydrogen (secondary N) is 1. The van der Waals surface area contributed by atoms with E-state index >= 15 is 0 Å². The molecule has 27 heavy (non-hydrogen) atoms. The molecule has 0 bridgehead atoms. The predicted molar refractivity (Wildman–Crippen MR) is 108 cm³/mol. The van der Waals surface area contributed by atoms with Crippen molar-refractivity contribution in [2.24, 2.45) is 0 Å². The van der Waals surface area contributed by atoms with E-state index in [0.29, 0.717) is 16.2 Å². The van der Waals surface area contributed by atoms with Crippen molar-refractivity contribution in [1.29, 1.82) is 0 Å². The van der Waals surface area contributed by atoms with Gasteiger partial charge in [-0.25, -0.2) is 0 Å². The van der Waals surface area contributed by atoms with Crippen LogP contribution in [-0.2, 0) is 21.1 Å². The van der Waals surface area contributed by atoms with Crippen LogP contribution in [0.4, 0.5) is 13.2 Å². The molecule has 0 radical (unpaired) electrons. The van der Waals surface area contributed by atoms with Crippen LogP contribution in [0.15, 0.2) is 42.5 Å². The lowest BCUT2D eigenvalue weighted by molar-refractivity contribution is -0.269. The first-order valence-electron chi connectivity index (χ1n) is 7.64. The van der Waals surface area contributed by atoms with E-state index in [-0.39, 0.29) is 21.3 Å². The number of hydrogen-bond donors (Lipinski definition) is 1. The third-order valence-electron chi connectivity index (χ3n) is 4.19. The lowest BCUT2D eigenvalue weighted by atomic mass is 9.91. The highest BCUT2D eigenvalue weighted by atomic mass is 79.9. The van der Waals surface area contributed by atoms with Gasteiger partial charge in [-0.2, -0.15) is 13.2 Å². The van der Waals surface area contributed by atoms with E-state index in [1.165, 1.54) is 18.2 Å². The molecule has 1 aliphatic heterocycles. The maximum atomic E-state index is 14.0. The fourth-order valence-electron chi connectivity index (χ4n) is 2.80. The molecule has 2 nitrogen and oxygen atoms in total. The third kappa shape index (κ3) is 4.03. The summed E-state index contributed by atoms with van der Waals surface area (Å²) in [6, 6.07) is 9.16. The second-order valence-corrected chi connectivity index (χ2v) is 7.90. The molecule has 0 saturated carbocycles. The Morgan fingerprint density at radius 2 is 1.59 bits per heavy atom. The van der Waals surface area contributed by atoms with Gasteiger partial charge in [0.1, 0.15) is 0 Å². The molecule has 0 aliphatic carbocycles. The van der Waals surface area contributed by atoms with Crippen LogP contribution in [0, 0.1) is 0 Å². The first-order chi connectivity index (χ1) is 12.7. The second kappa shape index (κ2) is 7.95. The normalized spacial score (nSPS) is 19.7. The highest BCUT2D eigenvalue weighted by Gasteiger charge is 2.59. The van der Waals surface area contributed by atoms with Gasteiger partial charge < -0.3 is 0 Å². The average Bonchev–Trinajstić information content (AvgIpc) is 3.07. The van der Waals surface area contributed by atoms with Crippen molar-refractivity contribution in [3.63, 3.8) is 0 Å². The number of hydrogen-bond acceptors (Lipinski definition) is 2. The lowest BCUT2D eigenvalue weighted by Crippen LogP contribution is -2.42. The molecule has 0 fully saturated rings. The van der Waals surface area contributed by atoms with Crippen molar-refractivity contribution in [3.05, 3.63) is 74.8 Å². The molecule has 2 aromatic carbocycles. The maximum absolute atomic E-state index is 14.0. The molecular weight excluding hydrogens is 534 g/mol. The van der Waals surface area contributed by atoms with Crippen molar-refractivity contribution in [2.45, 2.75) is 22.4 Å². The number of alkyl halides is 5. The van der Waals surface area contributed by atoms with Gasteiger partial charge in [0.05, 0.1) is 5.70 Å². The van der Waals surface area contributed by atoms with Gasteiger partial charge >= 0.3 is 6.18 Å². The molecule has 144 valence electrons. The van der Waals surface area contributed by atoms with Gasteiger partial charge in [-0.15, -0.1) is 0 Å². The summed E-state index contributed by atoms with van der Waals surface area (Å²) in [7, 11) is 0. The maximum Gasteiger partial charge on any atom is 0.428 e. The lowest BCUT2D eigenvalue weighted by Gasteiger charge is -2.28. The minimum absolute atomic E-state index is 0.0924. The van der Waals surface area contributed by atoms with Crippen LogP contribution in [0.5, 0.6) is 0 Å². The average molecular weight is 546 g/mol. The molecule has 1 atom stereocenters.